The third-order valence-corrected chi connectivity index (χ3v) is 5.83. The van der Waals surface area contributed by atoms with Gasteiger partial charge in [-0.3, -0.25) is 4.79 Å². The maximum atomic E-state index is 15.4. The lowest BCUT2D eigenvalue weighted by Gasteiger charge is -2.33. The van der Waals surface area contributed by atoms with Gasteiger partial charge in [-0.25, -0.2) is 22.1 Å². The molecule has 7 nitrogen and oxygen atoms in total. The van der Waals surface area contributed by atoms with E-state index in [2.05, 4.69) is 10.1 Å². The largest absolute Gasteiger partial charge is 0.379 e. The van der Waals surface area contributed by atoms with Crippen LogP contribution in [-0.4, -0.2) is 38.1 Å². The molecule has 0 saturated heterocycles. The molecule has 0 radical (unpaired) electrons. The number of nitrogens with zero attached hydrogens (tertiary/aromatic N) is 3. The van der Waals surface area contributed by atoms with Crippen molar-refractivity contribution in [3.8, 4) is 11.1 Å². The lowest BCUT2D eigenvalue weighted by atomic mass is 9.89. The van der Waals surface area contributed by atoms with Gasteiger partial charge in [-0.15, -0.1) is 5.10 Å². The van der Waals surface area contributed by atoms with Crippen LogP contribution in [0, 0.1) is 18.6 Å². The molecule has 11 heteroatoms. The van der Waals surface area contributed by atoms with Crippen molar-refractivity contribution in [2.24, 2.45) is 0 Å². The Balaban J connectivity index is 1.60. The van der Waals surface area contributed by atoms with Gasteiger partial charge in [0, 0.05) is 11.8 Å². The normalized spacial score (nSPS) is 13.6. The highest BCUT2D eigenvalue weighted by Crippen LogP contribution is 2.37. The first kappa shape index (κ1) is 24.1. The maximum absolute atomic E-state index is 15.4. The second-order valence-corrected chi connectivity index (χ2v) is 8.27. The number of aryl methyl sites for hydroxylation is 1. The molecule has 0 bridgehead atoms. The second-order valence-electron chi connectivity index (χ2n) is 8.27. The van der Waals surface area contributed by atoms with Crippen LogP contribution in [-0.2, 0) is 5.60 Å². The number of anilines is 1. The molecule has 1 amide bonds. The number of carbonyl (C=O) groups is 1. The molecule has 0 fully saturated rings. The Morgan fingerprint density at radius 2 is 1.83 bits per heavy atom. The van der Waals surface area contributed by atoms with E-state index in [4.69, 9.17) is 5.73 Å². The molecule has 35 heavy (non-hydrogen) atoms. The minimum atomic E-state index is -3.86. The van der Waals surface area contributed by atoms with Crippen molar-refractivity contribution in [1.82, 2.24) is 19.9 Å². The third kappa shape index (κ3) is 4.42. The Kier molecular flexibility index (Phi) is 5.97. The molecule has 2 aromatic carbocycles. The molecular formula is C24H21F4N5O2. The fourth-order valence-electron chi connectivity index (χ4n) is 3.68. The van der Waals surface area contributed by atoms with E-state index in [1.165, 1.54) is 35.8 Å². The van der Waals surface area contributed by atoms with Crippen LogP contribution in [0.3, 0.4) is 0 Å². The quantitative estimate of drug-likeness (QED) is 0.359. The number of nitrogens with two attached hydrogens (primary N) is 1. The molecule has 0 aliphatic rings. The minimum absolute atomic E-state index is 0.0315. The molecule has 4 N–H and O–H groups in total. The number of amides is 1. The van der Waals surface area contributed by atoms with Crippen LogP contribution in [0.15, 0.2) is 54.7 Å². The second kappa shape index (κ2) is 8.66. The summed E-state index contributed by atoms with van der Waals surface area (Å²) in [4.78, 5) is 16.8. The van der Waals surface area contributed by atoms with Crippen LogP contribution < -0.4 is 11.1 Å². The highest BCUT2D eigenvalue weighted by atomic mass is 19.3. The summed E-state index contributed by atoms with van der Waals surface area (Å²) in [6.45, 7) is 1.04. The topological polar surface area (TPSA) is 106 Å². The van der Waals surface area contributed by atoms with E-state index in [9.17, 15) is 23.1 Å². The fraction of sp³-hybridized carbons (Fsp3) is 0.208. The van der Waals surface area contributed by atoms with E-state index in [1.807, 2.05) is 5.32 Å². The zero-order chi connectivity index (χ0) is 25.5. The molecule has 1 atom stereocenters. The van der Waals surface area contributed by atoms with Gasteiger partial charge in [-0.1, -0.05) is 24.3 Å². The smallest absolute Gasteiger partial charge is 0.296 e. The minimum Gasteiger partial charge on any atom is -0.379 e. The van der Waals surface area contributed by atoms with Gasteiger partial charge in [0.15, 0.2) is 11.2 Å². The van der Waals surface area contributed by atoms with E-state index in [0.29, 0.717) is 11.2 Å². The van der Waals surface area contributed by atoms with Crippen molar-refractivity contribution in [3.05, 3.63) is 83.1 Å². The fourth-order valence-corrected chi connectivity index (χ4v) is 3.68. The molecule has 4 aromatic rings. The summed E-state index contributed by atoms with van der Waals surface area (Å²) in [7, 11) is 0. The molecule has 0 aliphatic heterocycles. The third-order valence-electron chi connectivity index (χ3n) is 5.83. The number of aromatic nitrogens is 3. The van der Waals surface area contributed by atoms with Gasteiger partial charge in [0.1, 0.15) is 11.6 Å². The van der Waals surface area contributed by atoms with Crippen molar-refractivity contribution in [3.63, 3.8) is 0 Å². The van der Waals surface area contributed by atoms with Crippen LogP contribution >= 0.6 is 0 Å². The Labute approximate surface area is 197 Å². The Morgan fingerprint density at radius 3 is 2.51 bits per heavy atom. The van der Waals surface area contributed by atoms with Gasteiger partial charge in [-0.05, 0) is 54.8 Å². The van der Waals surface area contributed by atoms with Gasteiger partial charge in [0.2, 0.25) is 5.95 Å². The first-order valence-electron chi connectivity index (χ1n) is 10.5. The van der Waals surface area contributed by atoms with E-state index in [0.717, 1.165) is 31.2 Å². The summed E-state index contributed by atoms with van der Waals surface area (Å²) >= 11 is 0. The average Bonchev–Trinajstić information content (AvgIpc) is 3.17. The Morgan fingerprint density at radius 1 is 1.14 bits per heavy atom. The van der Waals surface area contributed by atoms with E-state index >= 15 is 4.39 Å². The van der Waals surface area contributed by atoms with Crippen LogP contribution in [0.4, 0.5) is 23.5 Å². The lowest BCUT2D eigenvalue weighted by molar-refractivity contribution is -0.173. The van der Waals surface area contributed by atoms with Gasteiger partial charge in [0.05, 0.1) is 12.1 Å². The number of hydrogen-bond acceptors (Lipinski definition) is 5. The van der Waals surface area contributed by atoms with Crippen LogP contribution in [0.2, 0.25) is 0 Å². The van der Waals surface area contributed by atoms with Gasteiger partial charge in [0.25, 0.3) is 11.8 Å². The Bertz CT molecular complexity index is 1420. The van der Waals surface area contributed by atoms with Gasteiger partial charge < -0.3 is 16.2 Å². The summed E-state index contributed by atoms with van der Waals surface area (Å²) in [6.07, 6.45) is 1.52. The van der Waals surface area contributed by atoms with E-state index < -0.39 is 41.2 Å². The SMILES string of the molecule is Cc1ccc(-c2ccn3nc(N)nc3c2)c(F)c1C(=O)NCC(F)(F)C(C)(O)c1ccc(F)cc1. The number of nitrogens with one attached hydrogen (secondary N) is 1. The molecule has 0 spiro atoms. The molecule has 2 aromatic heterocycles. The molecule has 0 saturated carbocycles. The standard InChI is InChI=1S/C24H21F4N5O2/c1-13-3-8-17(14-9-10-33-18(11-14)31-22(29)32-33)20(26)19(13)21(34)30-12-24(27,28)23(2,35)15-4-6-16(25)7-5-15/h3-11,35H,12H2,1-2H3,(H2,29,32)(H,30,34). The zero-order valence-corrected chi connectivity index (χ0v) is 18.7. The lowest BCUT2D eigenvalue weighted by Crippen LogP contribution is -2.50. The average molecular weight is 487 g/mol. The number of fused-ring (bicyclic) bond motifs is 1. The van der Waals surface area contributed by atoms with E-state index in [1.54, 1.807) is 6.07 Å². The highest BCUT2D eigenvalue weighted by Gasteiger charge is 2.50. The number of alkyl halides is 2. The summed E-state index contributed by atoms with van der Waals surface area (Å²) in [5.74, 6) is -6.47. The van der Waals surface area contributed by atoms with Crippen LogP contribution in [0.5, 0.6) is 0 Å². The number of nitrogen functional groups attached to an aromatic ring is 1. The summed E-state index contributed by atoms with van der Waals surface area (Å²) < 4.78 is 59.7. The summed E-state index contributed by atoms with van der Waals surface area (Å²) in [5, 5.41) is 16.4. The zero-order valence-electron chi connectivity index (χ0n) is 18.7. The van der Waals surface area contributed by atoms with E-state index in [-0.39, 0.29) is 22.6 Å². The molecule has 0 aliphatic carbocycles. The first-order chi connectivity index (χ1) is 16.4. The molecular weight excluding hydrogens is 466 g/mol. The van der Waals surface area contributed by atoms with Gasteiger partial charge >= 0.3 is 0 Å². The predicted molar refractivity (Wildman–Crippen MR) is 121 cm³/mol. The number of aliphatic hydroxyl groups is 1. The highest BCUT2D eigenvalue weighted by molar-refractivity contribution is 5.97. The van der Waals surface area contributed by atoms with Crippen molar-refractivity contribution in [1.29, 1.82) is 0 Å². The number of pyridine rings is 1. The monoisotopic (exact) mass is 487 g/mol. The maximum Gasteiger partial charge on any atom is 0.296 e. The number of hydrogen-bond donors (Lipinski definition) is 3. The van der Waals surface area contributed by atoms with Gasteiger partial charge in [-0.2, -0.15) is 4.98 Å². The predicted octanol–water partition coefficient (Wildman–Crippen LogP) is 3.84. The summed E-state index contributed by atoms with van der Waals surface area (Å²) in [5.41, 5.74) is 3.20. The number of carbonyl (C=O) groups excluding carboxylic acids is 1. The summed E-state index contributed by atoms with van der Waals surface area (Å²) in [6, 6.07) is 9.94. The molecule has 4 rings (SSSR count). The van der Waals surface area contributed by atoms with Crippen molar-refractivity contribution in [2.75, 3.05) is 12.3 Å². The Hall–Kier alpha value is -3.99. The molecule has 1 unspecified atom stereocenters. The number of benzene rings is 2. The van der Waals surface area contributed by atoms with Crippen LogP contribution in [0.25, 0.3) is 16.8 Å². The van der Waals surface area contributed by atoms with Crippen molar-refractivity contribution in [2.45, 2.75) is 25.4 Å². The van der Waals surface area contributed by atoms with Crippen LogP contribution in [0.1, 0.15) is 28.4 Å². The molecule has 2 heterocycles. The van der Waals surface area contributed by atoms with Crippen molar-refractivity contribution < 1.29 is 27.5 Å². The van der Waals surface area contributed by atoms with Crippen molar-refractivity contribution >= 4 is 17.5 Å². The number of halogens is 4. The molecule has 182 valence electrons. The first-order valence-corrected chi connectivity index (χ1v) is 10.5. The number of rotatable bonds is 6.